The smallest absolute Gasteiger partial charge is 0.290 e. The summed E-state index contributed by atoms with van der Waals surface area (Å²) < 4.78 is 30.5. The molecule has 1 fully saturated rings. The number of rotatable bonds is 2. The topological polar surface area (TPSA) is 66.5 Å². The molecule has 0 radical (unpaired) electrons. The van der Waals surface area contributed by atoms with E-state index in [9.17, 15) is 18.8 Å². The molecule has 2 aromatic rings. The third-order valence-electron chi connectivity index (χ3n) is 6.09. The molecule has 0 unspecified atom stereocenters. The highest BCUT2D eigenvalue weighted by Gasteiger charge is 2.36. The number of benzene rings is 2. The predicted molar refractivity (Wildman–Crippen MR) is 121 cm³/mol. The van der Waals surface area contributed by atoms with Crippen molar-refractivity contribution in [2.75, 3.05) is 11.9 Å². The minimum Gasteiger partial charge on any atom is -0.315 e. The van der Waals surface area contributed by atoms with Gasteiger partial charge in [-0.15, -0.1) is 0 Å². The molecule has 4 rings (SSSR count). The van der Waals surface area contributed by atoms with Gasteiger partial charge in [0.05, 0.1) is 4.91 Å². The van der Waals surface area contributed by atoms with Crippen molar-refractivity contribution in [3.05, 3.63) is 57.0 Å². The van der Waals surface area contributed by atoms with E-state index in [1.54, 1.807) is 18.0 Å². The second-order valence-electron chi connectivity index (χ2n) is 8.81. The van der Waals surface area contributed by atoms with Crippen LogP contribution in [0, 0.1) is 25.5 Å². The number of nitrogens with zero attached hydrogens (tertiary/aromatic N) is 1. The van der Waals surface area contributed by atoms with E-state index < -0.39 is 22.8 Å². The number of nitrogens with one attached hydrogen (secondary N) is 1. The summed E-state index contributed by atoms with van der Waals surface area (Å²) in [6.45, 7) is 7.28. The van der Waals surface area contributed by atoms with Crippen LogP contribution in [0.2, 0.25) is 0 Å². The molecule has 32 heavy (non-hydrogen) atoms. The molecule has 8 heteroatoms. The van der Waals surface area contributed by atoms with Crippen molar-refractivity contribution in [3.63, 3.8) is 0 Å². The van der Waals surface area contributed by atoms with Gasteiger partial charge in [0.15, 0.2) is 0 Å². The van der Waals surface area contributed by atoms with Crippen molar-refractivity contribution in [2.24, 2.45) is 0 Å². The van der Waals surface area contributed by atoms with Gasteiger partial charge in [0.25, 0.3) is 11.1 Å². The number of aryl methyl sites for hydroxylation is 1. The van der Waals surface area contributed by atoms with E-state index in [0.29, 0.717) is 29.4 Å². The normalized spacial score (nSPS) is 18.9. The lowest BCUT2D eigenvalue weighted by atomic mass is 9.75. The Kier molecular flexibility index (Phi) is 5.24. The first-order chi connectivity index (χ1) is 14.9. The third kappa shape index (κ3) is 3.52. The lowest BCUT2D eigenvalue weighted by Gasteiger charge is -2.37. The van der Waals surface area contributed by atoms with Gasteiger partial charge < -0.3 is 4.90 Å². The van der Waals surface area contributed by atoms with Gasteiger partial charge in [0.1, 0.15) is 11.6 Å². The SMILES string of the molecule is Cc1cc2c(cc1-c1c(C)c(F)cc(/C=C3\SC(=O)NC3=O)c1F)N(C)C(=O)CC2(C)C. The highest BCUT2D eigenvalue weighted by Crippen LogP contribution is 2.44. The van der Waals surface area contributed by atoms with Crippen LogP contribution in [0.3, 0.4) is 0 Å². The molecule has 166 valence electrons. The molecule has 3 amide bonds. The van der Waals surface area contributed by atoms with Crippen LogP contribution in [-0.4, -0.2) is 24.1 Å². The molecule has 2 aliphatic heterocycles. The summed E-state index contributed by atoms with van der Waals surface area (Å²) in [5, 5.41) is 1.54. The van der Waals surface area contributed by atoms with Crippen molar-refractivity contribution in [1.29, 1.82) is 0 Å². The highest BCUT2D eigenvalue weighted by molar-refractivity contribution is 8.18. The molecule has 0 atom stereocenters. The van der Waals surface area contributed by atoms with Gasteiger partial charge in [0, 0.05) is 35.7 Å². The molecule has 5 nitrogen and oxygen atoms in total. The molecule has 0 spiro atoms. The standard InChI is InChI=1S/C24H22F2N2O3S/c1-11-6-15-17(28(5)19(29)10-24(15,3)4)9-14(11)20-12(2)16(25)7-13(21(20)26)8-18-22(30)27-23(31)32-18/h6-9H,10H2,1-5H3,(H,27,30,31)/b18-8-. The minimum atomic E-state index is -0.698. The van der Waals surface area contributed by atoms with Gasteiger partial charge in [-0.05, 0) is 66.1 Å². The first-order valence-corrected chi connectivity index (χ1v) is 10.9. The number of amides is 3. The number of carbonyl (C=O) groups excluding carboxylic acids is 3. The molecular formula is C24H22F2N2O3S. The average molecular weight is 457 g/mol. The third-order valence-corrected chi connectivity index (χ3v) is 6.90. The van der Waals surface area contributed by atoms with E-state index in [-0.39, 0.29) is 32.9 Å². The minimum absolute atomic E-state index is 0.00246. The molecular weight excluding hydrogens is 434 g/mol. The van der Waals surface area contributed by atoms with Crippen LogP contribution < -0.4 is 10.2 Å². The number of carbonyl (C=O) groups is 3. The highest BCUT2D eigenvalue weighted by atomic mass is 32.2. The van der Waals surface area contributed by atoms with Crippen LogP contribution in [0.25, 0.3) is 17.2 Å². The fourth-order valence-electron chi connectivity index (χ4n) is 4.24. The zero-order valence-electron chi connectivity index (χ0n) is 18.4. The Morgan fingerprint density at radius 3 is 2.44 bits per heavy atom. The van der Waals surface area contributed by atoms with Crippen molar-refractivity contribution in [3.8, 4) is 11.1 Å². The number of fused-ring (bicyclic) bond motifs is 1. The quantitative estimate of drug-likeness (QED) is 0.630. The summed E-state index contributed by atoms with van der Waals surface area (Å²) in [5.41, 5.74) is 2.52. The van der Waals surface area contributed by atoms with Crippen molar-refractivity contribution in [2.45, 2.75) is 39.5 Å². The monoisotopic (exact) mass is 456 g/mol. The second-order valence-corrected chi connectivity index (χ2v) is 9.83. The van der Waals surface area contributed by atoms with Gasteiger partial charge in [-0.3, -0.25) is 19.7 Å². The van der Waals surface area contributed by atoms with Crippen LogP contribution in [0.1, 0.15) is 42.5 Å². The Morgan fingerprint density at radius 1 is 1.12 bits per heavy atom. The molecule has 0 aliphatic carbocycles. The van der Waals surface area contributed by atoms with E-state index in [2.05, 4.69) is 5.32 Å². The summed E-state index contributed by atoms with van der Waals surface area (Å²) in [5.74, 6) is -2.02. The van der Waals surface area contributed by atoms with E-state index in [4.69, 9.17) is 0 Å². The Balaban J connectivity index is 1.94. The molecule has 1 N–H and O–H groups in total. The molecule has 0 aromatic heterocycles. The zero-order valence-corrected chi connectivity index (χ0v) is 19.2. The van der Waals surface area contributed by atoms with Crippen LogP contribution >= 0.6 is 11.8 Å². The number of halogens is 2. The molecule has 0 saturated carbocycles. The van der Waals surface area contributed by atoms with Crippen molar-refractivity contribution in [1.82, 2.24) is 5.32 Å². The van der Waals surface area contributed by atoms with Gasteiger partial charge in [-0.2, -0.15) is 0 Å². The summed E-state index contributed by atoms with van der Waals surface area (Å²) in [6, 6.07) is 4.67. The number of anilines is 1. The van der Waals surface area contributed by atoms with Crippen molar-refractivity contribution >= 4 is 40.6 Å². The van der Waals surface area contributed by atoms with Crippen LogP contribution in [0.5, 0.6) is 0 Å². The predicted octanol–water partition coefficient (Wildman–Crippen LogP) is 5.22. The molecule has 2 heterocycles. The summed E-state index contributed by atoms with van der Waals surface area (Å²) in [4.78, 5) is 37.4. The fourth-order valence-corrected chi connectivity index (χ4v) is 4.91. The number of hydrogen-bond donors (Lipinski definition) is 1. The summed E-state index contributed by atoms with van der Waals surface area (Å²) in [7, 11) is 1.67. The van der Waals surface area contributed by atoms with E-state index in [0.717, 1.165) is 17.2 Å². The second kappa shape index (κ2) is 7.55. The van der Waals surface area contributed by atoms with Gasteiger partial charge in [-0.1, -0.05) is 19.9 Å². The van der Waals surface area contributed by atoms with Crippen LogP contribution in [-0.2, 0) is 15.0 Å². The maximum Gasteiger partial charge on any atom is 0.290 e. The summed E-state index contributed by atoms with van der Waals surface area (Å²) >= 11 is 0.639. The van der Waals surface area contributed by atoms with Gasteiger partial charge >= 0.3 is 0 Å². The Hall–Kier alpha value is -3.00. The first-order valence-electron chi connectivity index (χ1n) is 10.1. The first kappa shape index (κ1) is 22.2. The largest absolute Gasteiger partial charge is 0.315 e. The van der Waals surface area contributed by atoms with E-state index >= 15 is 4.39 Å². The lowest BCUT2D eigenvalue weighted by molar-refractivity contribution is -0.119. The fraction of sp³-hybridized carbons (Fsp3) is 0.292. The Labute approximate surface area is 188 Å². The molecule has 2 aromatic carbocycles. The number of thioether (sulfide) groups is 1. The number of imide groups is 1. The molecule has 1 saturated heterocycles. The Bertz CT molecular complexity index is 1250. The van der Waals surface area contributed by atoms with Crippen molar-refractivity contribution < 1.29 is 23.2 Å². The molecule has 0 bridgehead atoms. The number of hydrogen-bond acceptors (Lipinski definition) is 4. The van der Waals surface area contributed by atoms with Gasteiger partial charge in [0.2, 0.25) is 5.91 Å². The van der Waals surface area contributed by atoms with Crippen LogP contribution in [0.4, 0.5) is 19.3 Å². The van der Waals surface area contributed by atoms with Gasteiger partial charge in [-0.25, -0.2) is 8.78 Å². The maximum absolute atomic E-state index is 15.7. The molecule has 2 aliphatic rings. The maximum atomic E-state index is 15.7. The summed E-state index contributed by atoms with van der Waals surface area (Å²) in [6.07, 6.45) is 1.54. The Morgan fingerprint density at radius 2 is 1.81 bits per heavy atom. The lowest BCUT2D eigenvalue weighted by Crippen LogP contribution is -2.39. The van der Waals surface area contributed by atoms with E-state index in [1.165, 1.54) is 13.0 Å². The van der Waals surface area contributed by atoms with E-state index in [1.807, 2.05) is 26.8 Å². The zero-order chi connectivity index (χ0) is 23.5. The van der Waals surface area contributed by atoms with Crippen LogP contribution in [0.15, 0.2) is 23.1 Å². The average Bonchev–Trinajstić information content (AvgIpc) is 3.02.